The van der Waals surface area contributed by atoms with Crippen LogP contribution in [0.15, 0.2) is 30.5 Å². The molecule has 1 aliphatic heterocycles. The molecule has 0 radical (unpaired) electrons. The topological polar surface area (TPSA) is 78.3 Å². The van der Waals surface area contributed by atoms with Crippen LogP contribution >= 0.6 is 11.6 Å². The third kappa shape index (κ3) is 4.24. The summed E-state index contributed by atoms with van der Waals surface area (Å²) in [6.07, 6.45) is 2.59. The standard InChI is InChI=1S/C17H18ClFN4O2/c18-13-9-21-17(23-7-1-2-8-23)22-15(13)16(25)20-10-14(24)11-3-5-12(19)6-4-11/h3-6,9,14,24H,1-2,7-8,10H2,(H,20,25). The van der Waals surface area contributed by atoms with Crippen LogP contribution in [0.3, 0.4) is 0 Å². The highest BCUT2D eigenvalue weighted by atomic mass is 35.5. The summed E-state index contributed by atoms with van der Waals surface area (Å²) in [5.41, 5.74) is 0.582. The van der Waals surface area contributed by atoms with E-state index in [1.807, 2.05) is 4.90 Å². The van der Waals surface area contributed by atoms with E-state index < -0.39 is 12.0 Å². The summed E-state index contributed by atoms with van der Waals surface area (Å²) < 4.78 is 12.9. The molecule has 2 heterocycles. The van der Waals surface area contributed by atoms with E-state index in [4.69, 9.17) is 11.6 Å². The zero-order chi connectivity index (χ0) is 17.8. The number of nitrogens with one attached hydrogen (secondary N) is 1. The van der Waals surface area contributed by atoms with Gasteiger partial charge in [-0.2, -0.15) is 0 Å². The molecule has 1 fully saturated rings. The van der Waals surface area contributed by atoms with E-state index in [0.717, 1.165) is 25.9 Å². The van der Waals surface area contributed by atoms with Crippen LogP contribution in [0.25, 0.3) is 0 Å². The van der Waals surface area contributed by atoms with Crippen molar-refractivity contribution in [1.29, 1.82) is 0 Å². The summed E-state index contributed by atoms with van der Waals surface area (Å²) in [7, 11) is 0. The molecule has 1 aliphatic rings. The van der Waals surface area contributed by atoms with Gasteiger partial charge in [0.05, 0.1) is 17.3 Å². The number of halogens is 2. The number of hydrogen-bond donors (Lipinski definition) is 2. The van der Waals surface area contributed by atoms with Crippen molar-refractivity contribution in [3.8, 4) is 0 Å². The van der Waals surface area contributed by atoms with Crippen LogP contribution in [0, 0.1) is 5.82 Å². The van der Waals surface area contributed by atoms with Crippen LogP contribution in [-0.4, -0.2) is 40.6 Å². The van der Waals surface area contributed by atoms with Gasteiger partial charge < -0.3 is 15.3 Å². The lowest BCUT2D eigenvalue weighted by molar-refractivity contribution is 0.0911. The van der Waals surface area contributed by atoms with E-state index in [0.29, 0.717) is 11.5 Å². The number of carbonyl (C=O) groups is 1. The predicted molar refractivity (Wildman–Crippen MR) is 92.2 cm³/mol. The summed E-state index contributed by atoms with van der Waals surface area (Å²) in [5.74, 6) is -0.401. The zero-order valence-electron chi connectivity index (χ0n) is 13.5. The number of carbonyl (C=O) groups excluding carboxylic acids is 1. The van der Waals surface area contributed by atoms with Crippen molar-refractivity contribution in [1.82, 2.24) is 15.3 Å². The van der Waals surface area contributed by atoms with Crippen molar-refractivity contribution in [3.63, 3.8) is 0 Å². The Morgan fingerprint density at radius 2 is 2.00 bits per heavy atom. The maximum Gasteiger partial charge on any atom is 0.271 e. The monoisotopic (exact) mass is 364 g/mol. The second-order valence-corrected chi connectivity index (χ2v) is 6.25. The minimum absolute atomic E-state index is 0.0379. The molecule has 2 aromatic rings. The Kier molecular flexibility index (Phi) is 5.45. The van der Waals surface area contributed by atoms with Gasteiger partial charge in [0.2, 0.25) is 5.95 Å². The number of aliphatic hydroxyl groups is 1. The van der Waals surface area contributed by atoms with Gasteiger partial charge in [0.15, 0.2) is 5.69 Å². The third-order valence-corrected chi connectivity index (χ3v) is 4.32. The molecule has 0 bridgehead atoms. The van der Waals surface area contributed by atoms with E-state index in [1.54, 1.807) is 0 Å². The first-order valence-electron chi connectivity index (χ1n) is 8.04. The fraction of sp³-hybridized carbons (Fsp3) is 0.353. The molecule has 132 valence electrons. The molecule has 1 atom stereocenters. The molecule has 25 heavy (non-hydrogen) atoms. The van der Waals surface area contributed by atoms with Gasteiger partial charge >= 0.3 is 0 Å². The Balaban J connectivity index is 1.66. The van der Waals surface area contributed by atoms with Crippen molar-refractivity contribution in [3.05, 3.63) is 52.6 Å². The second-order valence-electron chi connectivity index (χ2n) is 5.84. The molecule has 1 aromatic carbocycles. The summed E-state index contributed by atoms with van der Waals surface area (Å²) in [6.45, 7) is 1.67. The predicted octanol–water partition coefficient (Wildman–Crippen LogP) is 2.33. The maximum absolute atomic E-state index is 12.9. The fourth-order valence-corrected chi connectivity index (χ4v) is 2.84. The zero-order valence-corrected chi connectivity index (χ0v) is 14.2. The highest BCUT2D eigenvalue weighted by Crippen LogP contribution is 2.20. The highest BCUT2D eigenvalue weighted by molar-refractivity contribution is 6.33. The van der Waals surface area contributed by atoms with Gasteiger partial charge in [-0.05, 0) is 30.5 Å². The van der Waals surface area contributed by atoms with E-state index in [2.05, 4.69) is 15.3 Å². The average Bonchev–Trinajstić information content (AvgIpc) is 3.15. The lowest BCUT2D eigenvalue weighted by Crippen LogP contribution is -2.30. The lowest BCUT2D eigenvalue weighted by atomic mass is 10.1. The second kappa shape index (κ2) is 7.76. The van der Waals surface area contributed by atoms with Crippen molar-refractivity contribution in [2.24, 2.45) is 0 Å². The number of aromatic nitrogens is 2. The largest absolute Gasteiger partial charge is 0.387 e. The Hall–Kier alpha value is -2.25. The molecule has 8 heteroatoms. The molecular formula is C17H18ClFN4O2. The minimum atomic E-state index is -0.955. The quantitative estimate of drug-likeness (QED) is 0.851. The van der Waals surface area contributed by atoms with E-state index in [-0.39, 0.29) is 23.1 Å². The molecular weight excluding hydrogens is 347 g/mol. The number of hydrogen-bond acceptors (Lipinski definition) is 5. The molecule has 6 nitrogen and oxygen atoms in total. The first kappa shape index (κ1) is 17.6. The first-order valence-corrected chi connectivity index (χ1v) is 8.41. The van der Waals surface area contributed by atoms with Crippen LogP contribution in [0.2, 0.25) is 5.02 Å². The van der Waals surface area contributed by atoms with Gasteiger partial charge in [0.25, 0.3) is 5.91 Å². The fourth-order valence-electron chi connectivity index (χ4n) is 2.66. The van der Waals surface area contributed by atoms with Crippen LogP contribution in [0.5, 0.6) is 0 Å². The molecule has 1 aromatic heterocycles. The average molecular weight is 365 g/mol. The molecule has 1 unspecified atom stereocenters. The normalized spacial score (nSPS) is 15.2. The molecule has 1 saturated heterocycles. The molecule has 1 amide bonds. The summed E-state index contributed by atoms with van der Waals surface area (Å²) in [6, 6.07) is 5.44. The van der Waals surface area contributed by atoms with Gasteiger partial charge in [-0.1, -0.05) is 23.7 Å². The van der Waals surface area contributed by atoms with Crippen molar-refractivity contribution in [2.75, 3.05) is 24.5 Å². The summed E-state index contributed by atoms with van der Waals surface area (Å²) >= 11 is 6.04. The smallest absolute Gasteiger partial charge is 0.271 e. The number of amides is 1. The Morgan fingerprint density at radius 1 is 1.32 bits per heavy atom. The van der Waals surface area contributed by atoms with Crippen molar-refractivity contribution in [2.45, 2.75) is 18.9 Å². The van der Waals surface area contributed by atoms with Gasteiger partial charge in [-0.3, -0.25) is 4.79 Å². The third-order valence-electron chi connectivity index (χ3n) is 4.05. The van der Waals surface area contributed by atoms with Gasteiger partial charge in [0.1, 0.15) is 5.82 Å². The van der Waals surface area contributed by atoms with Crippen molar-refractivity contribution >= 4 is 23.5 Å². The van der Waals surface area contributed by atoms with E-state index in [1.165, 1.54) is 30.5 Å². The van der Waals surface area contributed by atoms with Crippen LogP contribution in [-0.2, 0) is 0 Å². The summed E-state index contributed by atoms with van der Waals surface area (Å²) in [5, 5.41) is 12.8. The van der Waals surface area contributed by atoms with Crippen molar-refractivity contribution < 1.29 is 14.3 Å². The number of anilines is 1. The lowest BCUT2D eigenvalue weighted by Gasteiger charge is -2.16. The highest BCUT2D eigenvalue weighted by Gasteiger charge is 2.20. The number of rotatable bonds is 5. The number of nitrogens with zero attached hydrogens (tertiary/aromatic N) is 3. The first-order chi connectivity index (χ1) is 12.0. The Morgan fingerprint density at radius 3 is 2.68 bits per heavy atom. The molecule has 2 N–H and O–H groups in total. The maximum atomic E-state index is 12.9. The number of aliphatic hydroxyl groups excluding tert-OH is 1. The van der Waals surface area contributed by atoms with Crippen LogP contribution in [0.4, 0.5) is 10.3 Å². The van der Waals surface area contributed by atoms with Gasteiger partial charge in [0, 0.05) is 19.6 Å². The van der Waals surface area contributed by atoms with Crippen LogP contribution in [0.1, 0.15) is 35.0 Å². The molecule has 0 aliphatic carbocycles. The SMILES string of the molecule is O=C(NCC(O)c1ccc(F)cc1)c1nc(N2CCCC2)ncc1Cl. The molecule has 0 spiro atoms. The minimum Gasteiger partial charge on any atom is -0.387 e. The van der Waals surface area contributed by atoms with Gasteiger partial charge in [-0.25, -0.2) is 14.4 Å². The molecule has 0 saturated carbocycles. The Labute approximate surface area is 149 Å². The van der Waals surface area contributed by atoms with Crippen LogP contribution < -0.4 is 10.2 Å². The Bertz CT molecular complexity index is 751. The summed E-state index contributed by atoms with van der Waals surface area (Å²) in [4.78, 5) is 22.8. The molecule has 3 rings (SSSR count). The van der Waals surface area contributed by atoms with E-state index in [9.17, 15) is 14.3 Å². The number of benzene rings is 1. The van der Waals surface area contributed by atoms with Gasteiger partial charge in [-0.15, -0.1) is 0 Å². The van der Waals surface area contributed by atoms with E-state index >= 15 is 0 Å².